The highest BCUT2D eigenvalue weighted by molar-refractivity contribution is 7.94. The molecule has 184 valence electrons. The van der Waals surface area contributed by atoms with Crippen LogP contribution in [0.2, 0.25) is 0 Å². The van der Waals surface area contributed by atoms with E-state index in [1.165, 1.54) is 11.1 Å². The van der Waals surface area contributed by atoms with Gasteiger partial charge in [-0.1, -0.05) is 121 Å². The van der Waals surface area contributed by atoms with Crippen molar-refractivity contribution >= 4 is 72.8 Å². The predicted molar refractivity (Wildman–Crippen MR) is 176 cm³/mol. The van der Waals surface area contributed by atoms with Gasteiger partial charge in [-0.05, 0) is 44.5 Å². The lowest BCUT2D eigenvalue weighted by Crippen LogP contribution is -1.98. The molecule has 2 aliphatic carbocycles. The first-order valence-electron chi connectivity index (χ1n) is 12.3. The summed E-state index contributed by atoms with van der Waals surface area (Å²) >= 11 is 19.5. The molecule has 0 aliphatic heterocycles. The van der Waals surface area contributed by atoms with E-state index in [-0.39, 0.29) is 0 Å². The SMILES string of the molecule is SC1=C(S)C(=C2C(c3ccccc3)=C(c3ccccc3)C(c3ccccc3)=C2c2ccccc2)C(S)=C1S. The van der Waals surface area contributed by atoms with Gasteiger partial charge in [0.15, 0.2) is 0 Å². The predicted octanol–water partition coefficient (Wildman–Crippen LogP) is 9.67. The Bertz CT molecular complexity index is 1560. The van der Waals surface area contributed by atoms with E-state index in [0.29, 0.717) is 0 Å². The van der Waals surface area contributed by atoms with Gasteiger partial charge in [-0.2, -0.15) is 0 Å². The van der Waals surface area contributed by atoms with E-state index in [9.17, 15) is 0 Å². The van der Waals surface area contributed by atoms with Crippen molar-refractivity contribution in [2.45, 2.75) is 0 Å². The normalized spacial score (nSPS) is 15.9. The van der Waals surface area contributed by atoms with Crippen molar-refractivity contribution in [3.05, 3.63) is 174 Å². The third-order valence-electron chi connectivity index (χ3n) is 6.90. The van der Waals surface area contributed by atoms with Crippen LogP contribution in [0.15, 0.2) is 152 Å². The maximum absolute atomic E-state index is 4.98. The summed E-state index contributed by atoms with van der Waals surface area (Å²) in [4.78, 5) is 3.03. The van der Waals surface area contributed by atoms with Gasteiger partial charge in [0.05, 0.1) is 0 Å². The van der Waals surface area contributed by atoms with Crippen LogP contribution in [-0.4, -0.2) is 0 Å². The Balaban J connectivity index is 1.87. The molecule has 0 radical (unpaired) electrons. The Labute approximate surface area is 245 Å². The number of hydrogen-bond donors (Lipinski definition) is 4. The van der Waals surface area contributed by atoms with Gasteiger partial charge in [0.25, 0.3) is 0 Å². The van der Waals surface area contributed by atoms with Crippen molar-refractivity contribution in [3.63, 3.8) is 0 Å². The molecule has 0 saturated heterocycles. The summed E-state index contributed by atoms with van der Waals surface area (Å²) in [5.74, 6) is 0. The van der Waals surface area contributed by atoms with Crippen LogP contribution in [0.5, 0.6) is 0 Å². The van der Waals surface area contributed by atoms with Crippen molar-refractivity contribution in [1.29, 1.82) is 0 Å². The molecular weight excluding hydrogens is 537 g/mol. The van der Waals surface area contributed by atoms with Crippen LogP contribution in [0.3, 0.4) is 0 Å². The maximum atomic E-state index is 4.98. The minimum atomic E-state index is 0.735. The van der Waals surface area contributed by atoms with Crippen molar-refractivity contribution in [2.75, 3.05) is 0 Å². The summed E-state index contributed by atoms with van der Waals surface area (Å²) in [5, 5.41) is 0. The molecule has 2 aliphatic rings. The zero-order valence-corrected chi connectivity index (χ0v) is 23.9. The molecule has 0 N–H and O–H groups in total. The molecule has 4 heteroatoms. The molecule has 0 nitrogen and oxygen atoms in total. The maximum Gasteiger partial charge on any atom is 0.0326 e. The number of hydrogen-bond acceptors (Lipinski definition) is 4. The summed E-state index contributed by atoms with van der Waals surface area (Å²) in [6.07, 6.45) is 0. The fraction of sp³-hybridized carbons (Fsp3) is 0. The molecule has 0 amide bonds. The summed E-state index contributed by atoms with van der Waals surface area (Å²) in [7, 11) is 0. The van der Waals surface area contributed by atoms with Crippen molar-refractivity contribution in [3.8, 4) is 0 Å². The number of rotatable bonds is 4. The van der Waals surface area contributed by atoms with Crippen LogP contribution >= 0.6 is 50.5 Å². The van der Waals surface area contributed by atoms with E-state index >= 15 is 0 Å². The third kappa shape index (κ3) is 4.26. The largest absolute Gasteiger partial charge is 0.142 e. The highest BCUT2D eigenvalue weighted by Crippen LogP contribution is 2.59. The van der Waals surface area contributed by atoms with Gasteiger partial charge in [-0.25, -0.2) is 0 Å². The molecule has 4 aromatic carbocycles. The van der Waals surface area contributed by atoms with E-state index in [2.05, 4.69) is 121 Å². The van der Waals surface area contributed by atoms with Gasteiger partial charge in [0, 0.05) is 30.8 Å². The fourth-order valence-corrected chi connectivity index (χ4v) is 6.64. The summed E-state index contributed by atoms with van der Waals surface area (Å²) < 4.78 is 0. The van der Waals surface area contributed by atoms with Gasteiger partial charge >= 0.3 is 0 Å². The van der Waals surface area contributed by atoms with E-state index in [0.717, 1.165) is 64.2 Å². The molecule has 0 aromatic heterocycles. The van der Waals surface area contributed by atoms with E-state index in [1.54, 1.807) is 0 Å². The standard InChI is InChI=1S/C34H24S4/c35-31-30(32(36)34(38)33(31)37)29-27(23-17-9-3-10-18-23)25(21-13-5-1-6-14-21)26(22-15-7-2-8-16-22)28(29)24-19-11-4-12-20-24/h1-20,35-38H. The smallest absolute Gasteiger partial charge is 0.0326 e. The summed E-state index contributed by atoms with van der Waals surface area (Å²) in [5.41, 5.74) is 11.2. The van der Waals surface area contributed by atoms with Gasteiger partial charge < -0.3 is 0 Å². The second kappa shape index (κ2) is 10.6. The van der Waals surface area contributed by atoms with Crippen LogP contribution in [0.1, 0.15) is 22.3 Å². The van der Waals surface area contributed by atoms with Crippen molar-refractivity contribution in [1.82, 2.24) is 0 Å². The van der Waals surface area contributed by atoms with Crippen LogP contribution in [-0.2, 0) is 0 Å². The number of allylic oxidation sites excluding steroid dienone is 7. The van der Waals surface area contributed by atoms with Gasteiger partial charge in [0.2, 0.25) is 0 Å². The van der Waals surface area contributed by atoms with Crippen LogP contribution < -0.4 is 0 Å². The molecule has 38 heavy (non-hydrogen) atoms. The molecular formula is C34H24S4. The molecule has 0 saturated carbocycles. The first-order chi connectivity index (χ1) is 18.6. The molecule has 0 heterocycles. The van der Waals surface area contributed by atoms with Crippen molar-refractivity contribution in [2.24, 2.45) is 0 Å². The van der Waals surface area contributed by atoms with Crippen LogP contribution in [0.4, 0.5) is 0 Å². The number of thiol groups is 4. The average Bonchev–Trinajstić information content (AvgIpc) is 3.42. The summed E-state index contributed by atoms with van der Waals surface area (Å²) in [6.45, 7) is 0. The zero-order valence-electron chi connectivity index (χ0n) is 20.3. The molecule has 0 bridgehead atoms. The monoisotopic (exact) mass is 560 g/mol. The lowest BCUT2D eigenvalue weighted by atomic mass is 9.88. The lowest BCUT2D eigenvalue weighted by Gasteiger charge is -2.18. The topological polar surface area (TPSA) is 0 Å². The van der Waals surface area contributed by atoms with Gasteiger partial charge in [-0.3, -0.25) is 0 Å². The second-order valence-electron chi connectivity index (χ2n) is 9.11. The quantitative estimate of drug-likeness (QED) is 0.176. The van der Waals surface area contributed by atoms with E-state index in [1.807, 2.05) is 0 Å². The van der Waals surface area contributed by atoms with Gasteiger partial charge in [0.1, 0.15) is 0 Å². The molecule has 0 fully saturated rings. The number of benzene rings is 4. The molecule has 0 unspecified atom stereocenters. The fourth-order valence-electron chi connectivity index (χ4n) is 5.26. The third-order valence-corrected chi connectivity index (χ3v) is 9.21. The second-order valence-corrected chi connectivity index (χ2v) is 10.9. The van der Waals surface area contributed by atoms with E-state index < -0.39 is 0 Å². The minimum Gasteiger partial charge on any atom is -0.142 e. The average molecular weight is 561 g/mol. The highest BCUT2D eigenvalue weighted by atomic mass is 32.1. The highest BCUT2D eigenvalue weighted by Gasteiger charge is 2.37. The zero-order chi connectivity index (χ0) is 26.2. The van der Waals surface area contributed by atoms with Crippen LogP contribution in [0.25, 0.3) is 22.3 Å². The Hall–Kier alpha value is -3.02. The lowest BCUT2D eigenvalue weighted by molar-refractivity contribution is 1.52. The Morgan fingerprint density at radius 2 is 0.474 bits per heavy atom. The first-order valence-corrected chi connectivity index (χ1v) is 14.1. The first kappa shape index (κ1) is 25.3. The van der Waals surface area contributed by atoms with Crippen LogP contribution in [0, 0.1) is 0 Å². The van der Waals surface area contributed by atoms with Crippen molar-refractivity contribution < 1.29 is 0 Å². The molecule has 0 atom stereocenters. The minimum absolute atomic E-state index is 0.735. The Morgan fingerprint density at radius 3 is 0.737 bits per heavy atom. The Kier molecular flexibility index (Phi) is 7.07. The molecule has 4 aromatic rings. The Morgan fingerprint density at radius 1 is 0.237 bits per heavy atom. The van der Waals surface area contributed by atoms with E-state index in [4.69, 9.17) is 50.5 Å². The molecule has 6 rings (SSSR count). The summed E-state index contributed by atoms with van der Waals surface area (Å²) in [6, 6.07) is 42.5. The molecule has 0 spiro atoms. The van der Waals surface area contributed by atoms with Gasteiger partial charge in [-0.15, -0.1) is 50.5 Å².